The fraction of sp³-hybridized carbons (Fsp3) is 0.133. The van der Waals surface area contributed by atoms with Crippen molar-refractivity contribution >= 4 is 58.2 Å². The molecule has 0 aliphatic heterocycles. The normalized spacial score (nSPS) is 11.8. The molecule has 0 aliphatic rings. The van der Waals surface area contributed by atoms with Crippen LogP contribution in [0.2, 0.25) is 20.2 Å². The molecular formula is C15H11Cl4N3O2. The van der Waals surface area contributed by atoms with Gasteiger partial charge in [-0.25, -0.2) is 4.98 Å². The molecule has 0 spiro atoms. The second kappa shape index (κ2) is 8.03. The number of carbonyl (C=O) groups excluding carboxylic acids is 2. The van der Waals surface area contributed by atoms with Gasteiger partial charge in [0.15, 0.2) is 0 Å². The van der Waals surface area contributed by atoms with Crippen molar-refractivity contribution in [1.82, 2.24) is 10.3 Å². The van der Waals surface area contributed by atoms with Gasteiger partial charge in [-0.2, -0.15) is 0 Å². The smallest absolute Gasteiger partial charge is 0.272 e. The fourth-order valence-corrected chi connectivity index (χ4v) is 2.75. The molecular weight excluding hydrogens is 396 g/mol. The number of nitrogens with one attached hydrogen (secondary N) is 1. The zero-order chi connectivity index (χ0) is 17.9. The van der Waals surface area contributed by atoms with Crippen molar-refractivity contribution in [2.45, 2.75) is 12.5 Å². The minimum absolute atomic E-state index is 0.0596. The van der Waals surface area contributed by atoms with Gasteiger partial charge in [0.2, 0.25) is 5.91 Å². The van der Waals surface area contributed by atoms with E-state index in [4.69, 9.17) is 52.1 Å². The SMILES string of the molecule is NC(=O)C(Cc1ccccc1)NC(=O)c1nc(Cl)c(Cl)c(Cl)c1Cl. The molecule has 0 radical (unpaired) electrons. The Morgan fingerprint density at radius 1 is 1.04 bits per heavy atom. The molecule has 5 nitrogen and oxygen atoms in total. The third kappa shape index (κ3) is 4.30. The van der Waals surface area contributed by atoms with Crippen LogP contribution < -0.4 is 11.1 Å². The van der Waals surface area contributed by atoms with Gasteiger partial charge in [-0.3, -0.25) is 9.59 Å². The van der Waals surface area contributed by atoms with Crippen LogP contribution in [0.5, 0.6) is 0 Å². The predicted octanol–water partition coefficient (Wildman–Crippen LogP) is 3.52. The number of halogens is 4. The van der Waals surface area contributed by atoms with Crippen LogP contribution in [0.25, 0.3) is 0 Å². The maximum atomic E-state index is 12.4. The fourth-order valence-electron chi connectivity index (χ4n) is 1.94. The van der Waals surface area contributed by atoms with Gasteiger partial charge >= 0.3 is 0 Å². The Morgan fingerprint density at radius 2 is 1.67 bits per heavy atom. The molecule has 1 heterocycles. The van der Waals surface area contributed by atoms with Crippen LogP contribution in [0.4, 0.5) is 0 Å². The van der Waals surface area contributed by atoms with E-state index in [0.717, 1.165) is 5.56 Å². The first-order chi connectivity index (χ1) is 11.3. The van der Waals surface area contributed by atoms with Crippen LogP contribution in [-0.4, -0.2) is 22.8 Å². The Hall–Kier alpha value is -1.53. The summed E-state index contributed by atoms with van der Waals surface area (Å²) in [5.74, 6) is -1.44. The highest BCUT2D eigenvalue weighted by atomic mass is 35.5. The molecule has 9 heteroatoms. The Labute approximate surface area is 158 Å². The summed E-state index contributed by atoms with van der Waals surface area (Å²) in [6.07, 6.45) is 0.217. The maximum Gasteiger partial charge on any atom is 0.272 e. The molecule has 0 fully saturated rings. The summed E-state index contributed by atoms with van der Waals surface area (Å²) in [5.41, 5.74) is 5.94. The number of carbonyl (C=O) groups is 2. The first kappa shape index (κ1) is 18.8. The highest BCUT2D eigenvalue weighted by Gasteiger charge is 2.24. The lowest BCUT2D eigenvalue weighted by Gasteiger charge is -2.16. The lowest BCUT2D eigenvalue weighted by Crippen LogP contribution is -2.46. The van der Waals surface area contributed by atoms with Crippen molar-refractivity contribution in [3.05, 3.63) is 61.8 Å². The zero-order valence-electron chi connectivity index (χ0n) is 12.0. The number of hydrogen-bond donors (Lipinski definition) is 2. The molecule has 2 aromatic rings. The first-order valence-electron chi connectivity index (χ1n) is 6.65. The molecule has 2 amide bonds. The van der Waals surface area contributed by atoms with Crippen molar-refractivity contribution in [3.63, 3.8) is 0 Å². The van der Waals surface area contributed by atoms with Gasteiger partial charge in [0.1, 0.15) is 16.9 Å². The average Bonchev–Trinajstić information content (AvgIpc) is 2.56. The van der Waals surface area contributed by atoms with Crippen molar-refractivity contribution in [2.75, 3.05) is 0 Å². The van der Waals surface area contributed by atoms with Gasteiger partial charge in [-0.1, -0.05) is 76.7 Å². The Kier molecular flexibility index (Phi) is 6.29. The van der Waals surface area contributed by atoms with Gasteiger partial charge in [0.05, 0.1) is 15.1 Å². The van der Waals surface area contributed by atoms with E-state index < -0.39 is 17.9 Å². The summed E-state index contributed by atoms with van der Waals surface area (Å²) in [5, 5.41) is 1.99. The third-order valence-electron chi connectivity index (χ3n) is 3.13. The summed E-state index contributed by atoms with van der Waals surface area (Å²) in [4.78, 5) is 27.8. The molecule has 0 bridgehead atoms. The Bertz CT molecular complexity index is 784. The number of primary amides is 1. The number of amides is 2. The molecule has 0 aliphatic carbocycles. The standard InChI is InChI=1S/C15H11Cl4N3O2/c16-9-10(17)12(22-13(19)11(9)18)15(24)21-8(14(20)23)6-7-4-2-1-3-5-7/h1-5,8H,6H2,(H2,20,23)(H,21,24). The molecule has 0 saturated heterocycles. The minimum atomic E-state index is -0.953. The molecule has 1 unspecified atom stereocenters. The Balaban J connectivity index is 2.24. The lowest BCUT2D eigenvalue weighted by molar-refractivity contribution is -0.119. The summed E-state index contributed by atoms with van der Waals surface area (Å²) in [7, 11) is 0. The molecule has 126 valence electrons. The monoisotopic (exact) mass is 405 g/mol. The number of nitrogens with two attached hydrogens (primary N) is 1. The van der Waals surface area contributed by atoms with E-state index in [9.17, 15) is 9.59 Å². The van der Waals surface area contributed by atoms with Gasteiger partial charge in [-0.05, 0) is 5.56 Å². The van der Waals surface area contributed by atoms with E-state index in [2.05, 4.69) is 10.3 Å². The second-order valence-electron chi connectivity index (χ2n) is 4.81. The summed E-state index contributed by atoms with van der Waals surface area (Å²) in [6.45, 7) is 0. The molecule has 1 aromatic carbocycles. The summed E-state index contributed by atoms with van der Waals surface area (Å²) >= 11 is 23.5. The number of pyridine rings is 1. The average molecular weight is 407 g/mol. The second-order valence-corrected chi connectivity index (χ2v) is 6.30. The Morgan fingerprint density at radius 3 is 2.25 bits per heavy atom. The summed E-state index contributed by atoms with van der Waals surface area (Å²) < 4.78 is 0. The lowest BCUT2D eigenvalue weighted by atomic mass is 10.1. The van der Waals surface area contributed by atoms with Gasteiger partial charge < -0.3 is 11.1 Å². The predicted molar refractivity (Wildman–Crippen MR) is 94.9 cm³/mol. The van der Waals surface area contributed by atoms with Gasteiger partial charge in [0, 0.05) is 6.42 Å². The molecule has 1 atom stereocenters. The number of aromatic nitrogens is 1. The van der Waals surface area contributed by atoms with E-state index in [1.54, 1.807) is 0 Å². The highest BCUT2D eigenvalue weighted by molar-refractivity contribution is 6.52. The van der Waals surface area contributed by atoms with Crippen LogP contribution in [0.15, 0.2) is 30.3 Å². The molecule has 2 rings (SSSR count). The van der Waals surface area contributed by atoms with Crippen LogP contribution >= 0.6 is 46.4 Å². The topological polar surface area (TPSA) is 85.1 Å². The highest BCUT2D eigenvalue weighted by Crippen LogP contribution is 2.36. The van der Waals surface area contributed by atoms with Crippen LogP contribution in [0.1, 0.15) is 16.1 Å². The zero-order valence-corrected chi connectivity index (χ0v) is 15.0. The maximum absolute atomic E-state index is 12.4. The minimum Gasteiger partial charge on any atom is -0.368 e. The van der Waals surface area contributed by atoms with Crippen LogP contribution in [0.3, 0.4) is 0 Å². The number of rotatable bonds is 5. The molecule has 3 N–H and O–H groups in total. The molecule has 1 aromatic heterocycles. The van der Waals surface area contributed by atoms with E-state index in [-0.39, 0.29) is 32.3 Å². The van der Waals surface area contributed by atoms with Crippen LogP contribution in [0, 0.1) is 0 Å². The number of benzene rings is 1. The van der Waals surface area contributed by atoms with Crippen LogP contribution in [-0.2, 0) is 11.2 Å². The van der Waals surface area contributed by atoms with E-state index in [0.29, 0.717) is 0 Å². The quantitative estimate of drug-likeness (QED) is 0.744. The first-order valence-corrected chi connectivity index (χ1v) is 8.16. The van der Waals surface area contributed by atoms with Crippen molar-refractivity contribution in [3.8, 4) is 0 Å². The van der Waals surface area contributed by atoms with Gasteiger partial charge in [0.25, 0.3) is 5.91 Å². The third-order valence-corrected chi connectivity index (χ3v) is 4.81. The molecule has 24 heavy (non-hydrogen) atoms. The van der Waals surface area contributed by atoms with Gasteiger partial charge in [-0.15, -0.1) is 0 Å². The van der Waals surface area contributed by atoms with E-state index in [1.165, 1.54) is 0 Å². The largest absolute Gasteiger partial charge is 0.368 e. The van der Waals surface area contributed by atoms with Crippen molar-refractivity contribution in [1.29, 1.82) is 0 Å². The summed E-state index contributed by atoms with van der Waals surface area (Å²) in [6, 6.07) is 8.12. The van der Waals surface area contributed by atoms with E-state index in [1.807, 2.05) is 30.3 Å². The number of nitrogens with zero attached hydrogens (tertiary/aromatic N) is 1. The van der Waals surface area contributed by atoms with Crippen molar-refractivity contribution < 1.29 is 9.59 Å². The number of hydrogen-bond acceptors (Lipinski definition) is 3. The molecule has 0 saturated carbocycles. The van der Waals surface area contributed by atoms with Crippen molar-refractivity contribution in [2.24, 2.45) is 5.73 Å². The van der Waals surface area contributed by atoms with E-state index >= 15 is 0 Å².